The number of ether oxygens (including phenoxy) is 1. The van der Waals surface area contributed by atoms with E-state index in [1.165, 1.54) is 7.11 Å². The molecule has 1 aromatic carbocycles. The Morgan fingerprint density at radius 2 is 2.26 bits per heavy atom. The van der Waals surface area contributed by atoms with Crippen LogP contribution >= 0.6 is 15.9 Å². The maximum atomic E-state index is 11.4. The van der Waals surface area contributed by atoms with E-state index < -0.39 is 0 Å². The molecule has 0 heterocycles. The van der Waals surface area contributed by atoms with Crippen molar-refractivity contribution in [3.8, 4) is 0 Å². The number of esters is 1. The molecule has 0 saturated heterocycles. The molecule has 0 aromatic heterocycles. The molecule has 0 spiro atoms. The number of hydrogen-bond donors (Lipinski definition) is 2. The largest absolute Gasteiger partial charge is 0.465 e. The van der Waals surface area contributed by atoms with Crippen LogP contribution in [-0.2, 0) is 11.3 Å². The van der Waals surface area contributed by atoms with Gasteiger partial charge in [0.15, 0.2) is 0 Å². The van der Waals surface area contributed by atoms with Crippen molar-refractivity contribution in [2.24, 2.45) is 0 Å². The molecule has 0 bridgehead atoms. The number of methoxy groups -OCH3 is 1. The fraction of sp³-hybridized carbons (Fsp3) is 0.500. The fourth-order valence-electron chi connectivity index (χ4n) is 1.72. The Morgan fingerprint density at radius 3 is 2.84 bits per heavy atom. The van der Waals surface area contributed by atoms with Gasteiger partial charge >= 0.3 is 5.97 Å². The molecule has 0 radical (unpaired) electrons. The van der Waals surface area contributed by atoms with Crippen LogP contribution in [0.15, 0.2) is 22.7 Å². The van der Waals surface area contributed by atoms with Gasteiger partial charge in [0.1, 0.15) is 0 Å². The molecule has 4 nitrogen and oxygen atoms in total. The Morgan fingerprint density at radius 1 is 1.53 bits per heavy atom. The van der Waals surface area contributed by atoms with E-state index in [1.54, 1.807) is 12.1 Å². The van der Waals surface area contributed by atoms with E-state index in [9.17, 15) is 4.79 Å². The van der Waals surface area contributed by atoms with E-state index in [1.807, 2.05) is 6.07 Å². The van der Waals surface area contributed by atoms with Gasteiger partial charge in [-0.25, -0.2) is 4.79 Å². The summed E-state index contributed by atoms with van der Waals surface area (Å²) < 4.78 is 5.56. The number of halogens is 1. The van der Waals surface area contributed by atoms with Gasteiger partial charge in [-0.2, -0.15) is 0 Å². The van der Waals surface area contributed by atoms with Crippen molar-refractivity contribution in [2.45, 2.75) is 32.4 Å². The Balaban J connectivity index is 2.57. The Hall–Kier alpha value is -0.910. The minimum Gasteiger partial charge on any atom is -0.465 e. The number of rotatable bonds is 7. The molecular formula is C14H20BrNO3. The molecule has 5 heteroatoms. The molecule has 0 aliphatic heterocycles. The van der Waals surface area contributed by atoms with Crippen molar-refractivity contribution in [2.75, 3.05) is 13.7 Å². The summed E-state index contributed by atoms with van der Waals surface area (Å²) in [4.78, 5) is 11.4. The summed E-state index contributed by atoms with van der Waals surface area (Å²) in [6.07, 6.45) is 1.74. The fourth-order valence-corrected chi connectivity index (χ4v) is 2.24. The van der Waals surface area contributed by atoms with E-state index in [2.05, 4.69) is 32.9 Å². The third kappa shape index (κ3) is 5.30. The van der Waals surface area contributed by atoms with E-state index in [0.29, 0.717) is 18.2 Å². The Labute approximate surface area is 122 Å². The lowest BCUT2D eigenvalue weighted by Crippen LogP contribution is -2.25. The monoisotopic (exact) mass is 329 g/mol. The number of aliphatic hydroxyl groups excluding tert-OH is 1. The lowest BCUT2D eigenvalue weighted by atomic mass is 10.1. The van der Waals surface area contributed by atoms with Gasteiger partial charge in [0.2, 0.25) is 0 Å². The van der Waals surface area contributed by atoms with Gasteiger partial charge < -0.3 is 15.2 Å². The maximum absolute atomic E-state index is 11.4. The second-order valence-electron chi connectivity index (χ2n) is 4.45. The number of aliphatic hydroxyl groups is 1. The molecule has 0 aliphatic carbocycles. The average molecular weight is 330 g/mol. The second kappa shape index (κ2) is 8.30. The predicted octanol–water partition coefficient (Wildman–Crippen LogP) is 2.49. The van der Waals surface area contributed by atoms with Gasteiger partial charge in [0, 0.05) is 23.7 Å². The van der Waals surface area contributed by atoms with Gasteiger partial charge in [-0.15, -0.1) is 0 Å². The van der Waals surface area contributed by atoms with Crippen molar-refractivity contribution >= 4 is 21.9 Å². The molecule has 19 heavy (non-hydrogen) atoms. The molecule has 1 unspecified atom stereocenters. The minimum atomic E-state index is -0.337. The highest BCUT2D eigenvalue weighted by atomic mass is 79.9. The van der Waals surface area contributed by atoms with Crippen LogP contribution in [-0.4, -0.2) is 30.8 Å². The molecule has 0 saturated carbocycles. The van der Waals surface area contributed by atoms with Crippen LogP contribution in [0.4, 0.5) is 0 Å². The molecular weight excluding hydrogens is 310 g/mol. The van der Waals surface area contributed by atoms with Crippen LogP contribution in [0.2, 0.25) is 0 Å². The first-order valence-electron chi connectivity index (χ1n) is 6.29. The van der Waals surface area contributed by atoms with Gasteiger partial charge in [0.25, 0.3) is 0 Å². The van der Waals surface area contributed by atoms with Crippen molar-refractivity contribution in [1.82, 2.24) is 5.32 Å². The molecule has 1 atom stereocenters. The zero-order valence-corrected chi connectivity index (χ0v) is 12.9. The zero-order chi connectivity index (χ0) is 14.3. The van der Waals surface area contributed by atoms with Gasteiger partial charge in [-0.3, -0.25) is 0 Å². The third-order valence-corrected chi connectivity index (χ3v) is 3.65. The summed E-state index contributed by atoms with van der Waals surface area (Å²) in [7, 11) is 1.37. The first-order valence-corrected chi connectivity index (χ1v) is 7.08. The first kappa shape index (κ1) is 16.1. The number of nitrogens with one attached hydrogen (secondary N) is 1. The molecule has 0 fully saturated rings. The molecule has 1 aromatic rings. The molecule has 0 amide bonds. The van der Waals surface area contributed by atoms with Gasteiger partial charge in [0.05, 0.1) is 12.7 Å². The highest BCUT2D eigenvalue weighted by molar-refractivity contribution is 9.10. The zero-order valence-electron chi connectivity index (χ0n) is 11.3. The predicted molar refractivity (Wildman–Crippen MR) is 78.1 cm³/mol. The van der Waals surface area contributed by atoms with Crippen LogP contribution in [0.5, 0.6) is 0 Å². The summed E-state index contributed by atoms with van der Waals surface area (Å²) in [6, 6.07) is 5.77. The summed E-state index contributed by atoms with van der Waals surface area (Å²) in [5.41, 5.74) is 1.62. The smallest absolute Gasteiger partial charge is 0.337 e. The second-order valence-corrected chi connectivity index (χ2v) is 5.30. The first-order chi connectivity index (χ1) is 9.08. The summed E-state index contributed by atoms with van der Waals surface area (Å²) in [5.74, 6) is -0.337. The molecule has 106 valence electrons. The highest BCUT2D eigenvalue weighted by Crippen LogP contribution is 2.19. The maximum Gasteiger partial charge on any atom is 0.337 e. The van der Waals surface area contributed by atoms with Crippen molar-refractivity contribution < 1.29 is 14.6 Å². The molecule has 0 aliphatic rings. The Kier molecular flexibility index (Phi) is 7.05. The van der Waals surface area contributed by atoms with Crippen LogP contribution in [0, 0.1) is 0 Å². The standard InChI is InChI=1S/C14H20BrNO3/c1-10(4-3-7-17)16-9-12-6-5-11(8-13(12)15)14(18)19-2/h5-6,8,10,16-17H,3-4,7,9H2,1-2H3. The number of carbonyl (C=O) groups excluding carboxylic acids is 1. The molecule has 2 N–H and O–H groups in total. The normalized spacial score (nSPS) is 12.2. The number of benzene rings is 1. The quantitative estimate of drug-likeness (QED) is 0.754. The van der Waals surface area contributed by atoms with E-state index >= 15 is 0 Å². The topological polar surface area (TPSA) is 58.6 Å². The summed E-state index contributed by atoms with van der Waals surface area (Å²) in [5, 5.41) is 12.2. The van der Waals surface area contributed by atoms with E-state index in [-0.39, 0.29) is 12.6 Å². The van der Waals surface area contributed by atoms with Crippen LogP contribution < -0.4 is 5.32 Å². The summed E-state index contributed by atoms with van der Waals surface area (Å²) in [6.45, 7) is 3.03. The van der Waals surface area contributed by atoms with Crippen molar-refractivity contribution in [3.05, 3.63) is 33.8 Å². The van der Waals surface area contributed by atoms with Gasteiger partial charge in [-0.1, -0.05) is 22.0 Å². The van der Waals surface area contributed by atoms with Crippen LogP contribution in [0.3, 0.4) is 0 Å². The number of carbonyl (C=O) groups is 1. The van der Waals surface area contributed by atoms with Gasteiger partial charge in [-0.05, 0) is 37.5 Å². The van der Waals surface area contributed by atoms with Crippen molar-refractivity contribution in [3.63, 3.8) is 0 Å². The van der Waals surface area contributed by atoms with E-state index in [4.69, 9.17) is 5.11 Å². The SMILES string of the molecule is COC(=O)c1ccc(CNC(C)CCCO)c(Br)c1. The Bertz CT molecular complexity index is 423. The van der Waals surface area contributed by atoms with Crippen LogP contribution in [0.25, 0.3) is 0 Å². The highest BCUT2D eigenvalue weighted by Gasteiger charge is 2.09. The number of hydrogen-bond acceptors (Lipinski definition) is 4. The van der Waals surface area contributed by atoms with Crippen LogP contribution in [0.1, 0.15) is 35.7 Å². The van der Waals surface area contributed by atoms with Crippen molar-refractivity contribution in [1.29, 1.82) is 0 Å². The third-order valence-electron chi connectivity index (χ3n) is 2.91. The average Bonchev–Trinajstić information content (AvgIpc) is 2.42. The lowest BCUT2D eigenvalue weighted by Gasteiger charge is -2.14. The van der Waals surface area contributed by atoms with E-state index in [0.717, 1.165) is 22.9 Å². The molecule has 1 rings (SSSR count). The summed E-state index contributed by atoms with van der Waals surface area (Å²) >= 11 is 3.46. The minimum absolute atomic E-state index is 0.226. The lowest BCUT2D eigenvalue weighted by molar-refractivity contribution is 0.0600.